The molecule has 2 aromatic rings. The lowest BCUT2D eigenvalue weighted by Gasteiger charge is -2.31. The fourth-order valence-electron chi connectivity index (χ4n) is 3.70. The number of benzene rings is 2. The molecule has 0 aromatic heterocycles. The number of piperidine rings is 1. The Kier molecular flexibility index (Phi) is 8.25. The van der Waals surface area contributed by atoms with Gasteiger partial charge in [-0.05, 0) is 69.2 Å². The van der Waals surface area contributed by atoms with Crippen LogP contribution in [0.5, 0.6) is 5.75 Å². The average molecular weight is 530 g/mol. The first-order valence-electron chi connectivity index (χ1n) is 10.7. The monoisotopic (exact) mass is 529 g/mol. The highest BCUT2D eigenvalue weighted by Gasteiger charge is 2.33. The number of methoxy groups -OCH3 is 1. The predicted octanol–water partition coefficient (Wildman–Crippen LogP) is 3.07. The van der Waals surface area contributed by atoms with Crippen LogP contribution in [-0.4, -0.2) is 53.3 Å². The van der Waals surface area contributed by atoms with Gasteiger partial charge < -0.3 is 10.1 Å². The van der Waals surface area contributed by atoms with Gasteiger partial charge in [0.2, 0.25) is 26.0 Å². The molecular formula is C22H28ClN3O6S2. The molecule has 3 rings (SSSR count). The van der Waals surface area contributed by atoms with Gasteiger partial charge in [-0.2, -0.15) is 4.31 Å². The summed E-state index contributed by atoms with van der Waals surface area (Å²) in [5.41, 5.74) is 0.191. The number of amides is 1. The molecule has 1 saturated heterocycles. The number of anilines is 1. The number of nitrogens with one attached hydrogen (secondary N) is 2. The van der Waals surface area contributed by atoms with E-state index in [1.807, 2.05) is 0 Å². The Labute approximate surface area is 205 Å². The molecule has 1 fully saturated rings. The van der Waals surface area contributed by atoms with E-state index in [1.54, 1.807) is 13.8 Å². The van der Waals surface area contributed by atoms with Crippen molar-refractivity contribution in [2.24, 2.45) is 5.92 Å². The molecule has 12 heteroatoms. The summed E-state index contributed by atoms with van der Waals surface area (Å²) in [6, 6.07) is 9.75. The van der Waals surface area contributed by atoms with Gasteiger partial charge in [0.1, 0.15) is 5.75 Å². The standard InChI is InChI=1S/C22H28ClN3O6S2/c1-15(2)25-33(28,29)19-10-11-21(32-3)20(13-19)24-22(27)16-5-4-12-26(14-16)34(30,31)18-8-6-17(23)7-9-18/h6-11,13,15-16,25H,4-5,12,14H2,1-3H3,(H,24,27). The maximum atomic E-state index is 13.1. The largest absolute Gasteiger partial charge is 0.495 e. The van der Waals surface area contributed by atoms with E-state index in [0.29, 0.717) is 30.2 Å². The van der Waals surface area contributed by atoms with Crippen molar-refractivity contribution >= 4 is 43.2 Å². The van der Waals surface area contributed by atoms with E-state index in [9.17, 15) is 21.6 Å². The number of carbonyl (C=O) groups excluding carboxylic acids is 1. The zero-order chi connectivity index (χ0) is 25.1. The van der Waals surface area contributed by atoms with Crippen LogP contribution < -0.4 is 14.8 Å². The maximum Gasteiger partial charge on any atom is 0.243 e. The first-order chi connectivity index (χ1) is 15.9. The Morgan fingerprint density at radius 3 is 2.35 bits per heavy atom. The van der Waals surface area contributed by atoms with Crippen LogP contribution >= 0.6 is 11.6 Å². The minimum absolute atomic E-state index is 0.00596. The van der Waals surface area contributed by atoms with Crippen molar-refractivity contribution < 1.29 is 26.4 Å². The lowest BCUT2D eigenvalue weighted by Crippen LogP contribution is -2.43. The molecule has 1 atom stereocenters. The molecule has 1 aliphatic rings. The molecule has 1 amide bonds. The van der Waals surface area contributed by atoms with Gasteiger partial charge in [0.25, 0.3) is 0 Å². The van der Waals surface area contributed by atoms with Crippen molar-refractivity contribution in [3.63, 3.8) is 0 Å². The van der Waals surface area contributed by atoms with E-state index in [4.69, 9.17) is 16.3 Å². The molecule has 186 valence electrons. The summed E-state index contributed by atoms with van der Waals surface area (Å²) >= 11 is 5.86. The Morgan fingerprint density at radius 1 is 1.09 bits per heavy atom. The summed E-state index contributed by atoms with van der Waals surface area (Å²) in [5, 5.41) is 3.15. The maximum absolute atomic E-state index is 13.1. The van der Waals surface area contributed by atoms with Gasteiger partial charge in [0.05, 0.1) is 28.5 Å². The molecular weight excluding hydrogens is 502 g/mol. The van der Waals surface area contributed by atoms with Crippen molar-refractivity contribution in [2.45, 2.75) is 42.5 Å². The minimum Gasteiger partial charge on any atom is -0.495 e. The highest BCUT2D eigenvalue weighted by Crippen LogP contribution is 2.30. The molecule has 1 heterocycles. The first kappa shape index (κ1) is 26.4. The number of ether oxygens (including phenoxy) is 1. The van der Waals surface area contributed by atoms with E-state index in [1.165, 1.54) is 53.9 Å². The van der Waals surface area contributed by atoms with Gasteiger partial charge in [-0.15, -0.1) is 0 Å². The number of nitrogens with zero attached hydrogens (tertiary/aromatic N) is 1. The van der Waals surface area contributed by atoms with Crippen LogP contribution in [0.3, 0.4) is 0 Å². The fourth-order valence-corrected chi connectivity index (χ4v) is 6.62. The van der Waals surface area contributed by atoms with Gasteiger partial charge in [-0.1, -0.05) is 11.6 Å². The van der Waals surface area contributed by atoms with Crippen molar-refractivity contribution in [2.75, 3.05) is 25.5 Å². The Bertz CT molecular complexity index is 1250. The highest BCUT2D eigenvalue weighted by atomic mass is 35.5. The second-order valence-electron chi connectivity index (χ2n) is 8.28. The average Bonchev–Trinajstić information content (AvgIpc) is 2.78. The van der Waals surface area contributed by atoms with Crippen LogP contribution in [0.4, 0.5) is 5.69 Å². The molecule has 0 spiro atoms. The highest BCUT2D eigenvalue weighted by molar-refractivity contribution is 7.89. The second kappa shape index (κ2) is 10.6. The molecule has 0 saturated carbocycles. The number of rotatable bonds is 8. The van der Waals surface area contributed by atoms with Crippen molar-refractivity contribution in [3.8, 4) is 5.75 Å². The van der Waals surface area contributed by atoms with Gasteiger partial charge in [0.15, 0.2) is 0 Å². The smallest absolute Gasteiger partial charge is 0.243 e. The lowest BCUT2D eigenvalue weighted by molar-refractivity contribution is -0.120. The van der Waals surface area contributed by atoms with Gasteiger partial charge >= 0.3 is 0 Å². The van der Waals surface area contributed by atoms with Crippen molar-refractivity contribution in [1.82, 2.24) is 9.03 Å². The van der Waals surface area contributed by atoms with Crippen LogP contribution in [0.15, 0.2) is 52.3 Å². The topological polar surface area (TPSA) is 122 Å². The molecule has 2 aromatic carbocycles. The van der Waals surface area contributed by atoms with Crippen LogP contribution in [0.2, 0.25) is 5.02 Å². The quantitative estimate of drug-likeness (QED) is 0.542. The zero-order valence-electron chi connectivity index (χ0n) is 19.1. The lowest BCUT2D eigenvalue weighted by atomic mass is 9.98. The minimum atomic E-state index is -3.79. The SMILES string of the molecule is COc1ccc(S(=O)(=O)NC(C)C)cc1NC(=O)C1CCCN(S(=O)(=O)c2ccc(Cl)cc2)C1. The van der Waals surface area contributed by atoms with Gasteiger partial charge in [0, 0.05) is 24.2 Å². The number of carbonyl (C=O) groups is 1. The van der Waals surface area contributed by atoms with Crippen LogP contribution in [0, 0.1) is 5.92 Å². The van der Waals surface area contributed by atoms with Crippen LogP contribution in [0.1, 0.15) is 26.7 Å². The number of sulfonamides is 2. The Morgan fingerprint density at radius 2 is 1.74 bits per heavy atom. The fraction of sp³-hybridized carbons (Fsp3) is 0.409. The Balaban J connectivity index is 1.80. The summed E-state index contributed by atoms with van der Waals surface area (Å²) in [7, 11) is -6.16. The zero-order valence-corrected chi connectivity index (χ0v) is 21.5. The van der Waals surface area contributed by atoms with Gasteiger partial charge in [-0.25, -0.2) is 21.6 Å². The summed E-state index contributed by atoms with van der Waals surface area (Å²) in [5.74, 6) is -0.742. The molecule has 34 heavy (non-hydrogen) atoms. The first-order valence-corrected chi connectivity index (χ1v) is 14.0. The van der Waals surface area contributed by atoms with Gasteiger partial charge in [-0.3, -0.25) is 4.79 Å². The van der Waals surface area contributed by atoms with Crippen molar-refractivity contribution in [1.29, 1.82) is 0 Å². The molecule has 2 N–H and O–H groups in total. The number of halogens is 1. The van der Waals surface area contributed by atoms with Crippen LogP contribution in [0.25, 0.3) is 0 Å². The normalized spacial score (nSPS) is 17.5. The third kappa shape index (κ3) is 6.08. The number of hydrogen-bond acceptors (Lipinski definition) is 6. The van der Waals surface area contributed by atoms with Crippen LogP contribution in [-0.2, 0) is 24.8 Å². The molecule has 1 aliphatic heterocycles. The molecule has 0 radical (unpaired) electrons. The van der Waals surface area contributed by atoms with E-state index in [0.717, 1.165) is 0 Å². The molecule has 1 unspecified atom stereocenters. The second-order valence-corrected chi connectivity index (χ2v) is 12.4. The summed E-state index contributed by atoms with van der Waals surface area (Å²) < 4.78 is 60.2. The molecule has 9 nitrogen and oxygen atoms in total. The summed E-state index contributed by atoms with van der Waals surface area (Å²) in [4.78, 5) is 13.1. The summed E-state index contributed by atoms with van der Waals surface area (Å²) in [6.45, 7) is 3.71. The number of hydrogen-bond donors (Lipinski definition) is 2. The third-order valence-corrected chi connectivity index (χ3v) is 9.12. The third-order valence-electron chi connectivity index (χ3n) is 5.34. The van der Waals surface area contributed by atoms with E-state index in [-0.39, 0.29) is 28.1 Å². The Hall–Kier alpha value is -2.18. The molecule has 0 aliphatic carbocycles. The van der Waals surface area contributed by atoms with E-state index >= 15 is 0 Å². The molecule has 0 bridgehead atoms. The summed E-state index contributed by atoms with van der Waals surface area (Å²) in [6.07, 6.45) is 1.00. The van der Waals surface area contributed by atoms with Crippen molar-refractivity contribution in [3.05, 3.63) is 47.5 Å². The predicted molar refractivity (Wildman–Crippen MR) is 130 cm³/mol. The van der Waals surface area contributed by atoms with E-state index < -0.39 is 31.9 Å². The van der Waals surface area contributed by atoms with E-state index in [2.05, 4.69) is 10.0 Å².